The largest absolute Gasteiger partial charge is 0.493 e. The van der Waals surface area contributed by atoms with Crippen molar-refractivity contribution in [3.05, 3.63) is 89.6 Å². The number of amides is 2. The average molecular weight is 460 g/mol. The average Bonchev–Trinajstić information content (AvgIpc) is 3.54. The van der Waals surface area contributed by atoms with Gasteiger partial charge in [0.25, 0.3) is 11.8 Å². The number of para-hydroxylation sites is 1. The van der Waals surface area contributed by atoms with Crippen LogP contribution in [0.15, 0.2) is 77.2 Å². The Morgan fingerprint density at radius 1 is 1.03 bits per heavy atom. The predicted molar refractivity (Wildman–Crippen MR) is 129 cm³/mol. The van der Waals surface area contributed by atoms with Crippen LogP contribution in [0, 0.1) is 0 Å². The number of benzene rings is 2. The summed E-state index contributed by atoms with van der Waals surface area (Å²) in [5.41, 5.74) is 2.87. The second kappa shape index (κ2) is 10.4. The third kappa shape index (κ3) is 5.12. The molecule has 4 aromatic rings. The minimum atomic E-state index is -0.525. The van der Waals surface area contributed by atoms with Gasteiger partial charge >= 0.3 is 0 Å². The molecule has 2 aromatic heterocycles. The second-order valence-electron chi connectivity index (χ2n) is 7.47. The van der Waals surface area contributed by atoms with E-state index in [9.17, 15) is 9.59 Å². The van der Waals surface area contributed by atoms with Crippen molar-refractivity contribution < 1.29 is 23.5 Å². The van der Waals surface area contributed by atoms with E-state index in [2.05, 4.69) is 15.6 Å². The highest BCUT2D eigenvalue weighted by molar-refractivity contribution is 6.04. The fraction of sp³-hybridized carbons (Fsp3) is 0.154. The molecule has 0 saturated heterocycles. The quantitative estimate of drug-likeness (QED) is 0.329. The molecule has 0 bridgehead atoms. The Kier molecular flexibility index (Phi) is 6.98. The number of carbonyl (C=O) groups is 2. The lowest BCUT2D eigenvalue weighted by Crippen LogP contribution is -2.35. The van der Waals surface area contributed by atoms with E-state index in [0.717, 1.165) is 16.5 Å². The summed E-state index contributed by atoms with van der Waals surface area (Å²) in [5, 5.41) is 6.65. The molecule has 4 rings (SSSR count). The molecule has 0 aliphatic carbocycles. The zero-order valence-electron chi connectivity index (χ0n) is 18.9. The molecular weight excluding hydrogens is 434 g/mol. The molecule has 0 fully saturated rings. The first-order valence-corrected chi connectivity index (χ1v) is 10.7. The lowest BCUT2D eigenvalue weighted by molar-refractivity contribution is -0.117. The van der Waals surface area contributed by atoms with Gasteiger partial charge in [-0.25, -0.2) is 0 Å². The van der Waals surface area contributed by atoms with Crippen molar-refractivity contribution in [2.45, 2.75) is 6.42 Å². The van der Waals surface area contributed by atoms with Crippen molar-refractivity contribution in [2.75, 3.05) is 20.8 Å². The van der Waals surface area contributed by atoms with E-state index in [1.165, 1.54) is 19.4 Å². The Morgan fingerprint density at radius 3 is 2.62 bits per heavy atom. The third-order valence-electron chi connectivity index (χ3n) is 5.31. The zero-order chi connectivity index (χ0) is 23.9. The molecule has 0 saturated carbocycles. The molecule has 2 heterocycles. The number of aromatic amines is 1. The maximum Gasteiger partial charge on any atom is 0.291 e. The smallest absolute Gasteiger partial charge is 0.291 e. The number of H-pyrrole nitrogens is 1. The highest BCUT2D eigenvalue weighted by Gasteiger charge is 2.17. The van der Waals surface area contributed by atoms with Gasteiger partial charge in [0.2, 0.25) is 0 Å². The van der Waals surface area contributed by atoms with Crippen molar-refractivity contribution in [2.24, 2.45) is 0 Å². The summed E-state index contributed by atoms with van der Waals surface area (Å²) in [7, 11) is 3.08. The SMILES string of the molecule is COc1ccc(/C=C(/NC(=O)c2ccco2)C(=O)NCCc2c[nH]c3ccccc23)cc1OC. The van der Waals surface area contributed by atoms with E-state index in [1.807, 2.05) is 30.5 Å². The summed E-state index contributed by atoms with van der Waals surface area (Å²) >= 11 is 0. The molecule has 8 nitrogen and oxygen atoms in total. The Morgan fingerprint density at radius 2 is 1.85 bits per heavy atom. The van der Waals surface area contributed by atoms with Crippen LogP contribution in [-0.2, 0) is 11.2 Å². The van der Waals surface area contributed by atoms with Crippen molar-refractivity contribution >= 4 is 28.8 Å². The van der Waals surface area contributed by atoms with Gasteiger partial charge < -0.3 is 29.5 Å². The van der Waals surface area contributed by atoms with Gasteiger partial charge in [0, 0.05) is 23.6 Å². The van der Waals surface area contributed by atoms with Crippen LogP contribution in [0.3, 0.4) is 0 Å². The molecule has 174 valence electrons. The highest BCUT2D eigenvalue weighted by Crippen LogP contribution is 2.28. The van der Waals surface area contributed by atoms with Gasteiger partial charge in [-0.1, -0.05) is 24.3 Å². The lowest BCUT2D eigenvalue weighted by Gasteiger charge is -2.12. The summed E-state index contributed by atoms with van der Waals surface area (Å²) in [5.74, 6) is 0.222. The summed E-state index contributed by atoms with van der Waals surface area (Å²) in [6.45, 7) is 0.389. The Labute approximate surface area is 196 Å². The molecule has 0 aliphatic rings. The Bertz CT molecular complexity index is 1320. The molecule has 0 aliphatic heterocycles. The maximum atomic E-state index is 13.0. The Balaban J connectivity index is 1.52. The van der Waals surface area contributed by atoms with Crippen molar-refractivity contribution in [1.82, 2.24) is 15.6 Å². The van der Waals surface area contributed by atoms with Crippen LogP contribution in [0.4, 0.5) is 0 Å². The maximum absolute atomic E-state index is 13.0. The van der Waals surface area contributed by atoms with Gasteiger partial charge in [-0.2, -0.15) is 0 Å². The summed E-state index contributed by atoms with van der Waals surface area (Å²) in [6, 6.07) is 16.3. The Hall–Kier alpha value is -4.46. The van der Waals surface area contributed by atoms with E-state index in [4.69, 9.17) is 13.9 Å². The molecule has 3 N–H and O–H groups in total. The summed E-state index contributed by atoms with van der Waals surface area (Å²) in [6.07, 6.45) is 5.54. The van der Waals surface area contributed by atoms with E-state index < -0.39 is 11.8 Å². The van der Waals surface area contributed by atoms with Gasteiger partial charge in [0.05, 0.1) is 20.5 Å². The lowest BCUT2D eigenvalue weighted by atomic mass is 10.1. The van der Waals surface area contributed by atoms with Gasteiger partial charge in [-0.05, 0) is 54.0 Å². The standard InChI is InChI=1S/C26H25N3O5/c1-32-22-10-9-17(15-24(22)33-2)14-21(29-26(31)23-8-5-13-34-23)25(30)27-12-11-18-16-28-20-7-4-3-6-19(18)20/h3-10,13-16,28H,11-12H2,1-2H3,(H,27,30)(H,29,31)/b21-14+. The molecule has 34 heavy (non-hydrogen) atoms. The minimum Gasteiger partial charge on any atom is -0.493 e. The topological polar surface area (TPSA) is 106 Å². The minimum absolute atomic E-state index is 0.0764. The molecule has 0 radical (unpaired) electrons. The number of rotatable bonds is 9. The number of furan rings is 1. The monoisotopic (exact) mass is 459 g/mol. The second-order valence-corrected chi connectivity index (χ2v) is 7.47. The molecule has 8 heteroatoms. The molecule has 0 spiro atoms. The van der Waals surface area contributed by atoms with Gasteiger partial charge in [0.1, 0.15) is 5.70 Å². The molecule has 2 aromatic carbocycles. The van der Waals surface area contributed by atoms with Crippen LogP contribution in [0.5, 0.6) is 11.5 Å². The van der Waals surface area contributed by atoms with Crippen LogP contribution >= 0.6 is 0 Å². The molecule has 0 atom stereocenters. The highest BCUT2D eigenvalue weighted by atomic mass is 16.5. The normalized spacial score (nSPS) is 11.3. The van der Waals surface area contributed by atoms with Crippen molar-refractivity contribution in [1.29, 1.82) is 0 Å². The number of methoxy groups -OCH3 is 2. The van der Waals surface area contributed by atoms with Gasteiger partial charge in [0.15, 0.2) is 17.3 Å². The summed E-state index contributed by atoms with van der Waals surface area (Å²) < 4.78 is 15.8. The number of nitrogens with one attached hydrogen (secondary N) is 3. The van der Waals surface area contributed by atoms with Gasteiger partial charge in [-0.15, -0.1) is 0 Å². The molecule has 0 unspecified atom stereocenters. The molecular formula is C26H25N3O5. The number of hydrogen-bond acceptors (Lipinski definition) is 5. The first kappa shape index (κ1) is 22.7. The predicted octanol–water partition coefficient (Wildman–Crippen LogP) is 3.91. The van der Waals surface area contributed by atoms with Crippen molar-refractivity contribution in [3.8, 4) is 11.5 Å². The van der Waals surface area contributed by atoms with Crippen LogP contribution < -0.4 is 20.1 Å². The fourth-order valence-corrected chi connectivity index (χ4v) is 3.60. The fourth-order valence-electron chi connectivity index (χ4n) is 3.60. The van der Waals surface area contributed by atoms with Crippen LogP contribution in [0.25, 0.3) is 17.0 Å². The van der Waals surface area contributed by atoms with Crippen molar-refractivity contribution in [3.63, 3.8) is 0 Å². The number of carbonyl (C=O) groups excluding carboxylic acids is 2. The molecule has 2 amide bonds. The van der Waals surface area contributed by atoms with Crippen LogP contribution in [0.2, 0.25) is 0 Å². The first-order valence-electron chi connectivity index (χ1n) is 10.7. The number of fused-ring (bicyclic) bond motifs is 1. The number of ether oxygens (including phenoxy) is 2. The van der Waals surface area contributed by atoms with E-state index in [0.29, 0.717) is 30.0 Å². The van der Waals surface area contributed by atoms with Crippen LogP contribution in [-0.4, -0.2) is 37.6 Å². The number of aromatic nitrogens is 1. The van der Waals surface area contributed by atoms with Crippen LogP contribution in [0.1, 0.15) is 21.7 Å². The van der Waals surface area contributed by atoms with E-state index >= 15 is 0 Å². The first-order chi connectivity index (χ1) is 16.6. The van der Waals surface area contributed by atoms with E-state index in [-0.39, 0.29) is 11.5 Å². The zero-order valence-corrected chi connectivity index (χ0v) is 18.9. The van der Waals surface area contributed by atoms with Gasteiger partial charge in [-0.3, -0.25) is 9.59 Å². The number of hydrogen-bond donors (Lipinski definition) is 3. The van der Waals surface area contributed by atoms with E-state index in [1.54, 1.807) is 37.5 Å². The summed E-state index contributed by atoms with van der Waals surface area (Å²) in [4.78, 5) is 28.8. The third-order valence-corrected chi connectivity index (χ3v) is 5.31.